The molecular weight excluding hydrogens is 318 g/mol. The van der Waals surface area contributed by atoms with Crippen LogP contribution < -0.4 is 0 Å². The van der Waals surface area contributed by atoms with Gasteiger partial charge in [0.05, 0.1) is 12.5 Å². The van der Waals surface area contributed by atoms with Crippen LogP contribution in [0.3, 0.4) is 0 Å². The summed E-state index contributed by atoms with van der Waals surface area (Å²) in [5.41, 5.74) is 0.0870. The molecule has 2 rings (SSSR count). The molecule has 7 heteroatoms. The van der Waals surface area contributed by atoms with Gasteiger partial charge < -0.3 is 14.9 Å². The highest BCUT2D eigenvalue weighted by Gasteiger charge is 2.26. The van der Waals surface area contributed by atoms with Gasteiger partial charge in [-0.25, -0.2) is 8.78 Å². The van der Waals surface area contributed by atoms with Gasteiger partial charge in [-0.3, -0.25) is 9.59 Å². The Bertz CT molecular complexity index is 614. The average Bonchev–Trinajstić information content (AvgIpc) is 2.56. The number of amides is 2. The van der Waals surface area contributed by atoms with Crippen molar-refractivity contribution in [2.45, 2.75) is 26.4 Å². The van der Waals surface area contributed by atoms with E-state index in [0.29, 0.717) is 26.2 Å². The fraction of sp³-hybridized carbons (Fsp3) is 0.529. The van der Waals surface area contributed by atoms with Crippen molar-refractivity contribution in [2.75, 3.05) is 26.2 Å². The summed E-state index contributed by atoms with van der Waals surface area (Å²) in [5.74, 6) is -2.58. The van der Waals surface area contributed by atoms with Gasteiger partial charge in [-0.1, -0.05) is 13.8 Å². The maximum atomic E-state index is 13.2. The van der Waals surface area contributed by atoms with E-state index in [-0.39, 0.29) is 29.7 Å². The Kier molecular flexibility index (Phi) is 5.88. The third-order valence-electron chi connectivity index (χ3n) is 4.24. The zero-order valence-corrected chi connectivity index (χ0v) is 13.8. The molecule has 1 N–H and O–H groups in total. The highest BCUT2D eigenvalue weighted by atomic mass is 19.2. The Hall–Kier alpha value is -2.02. The minimum Gasteiger partial charge on any atom is -0.392 e. The van der Waals surface area contributed by atoms with E-state index < -0.39 is 17.7 Å². The van der Waals surface area contributed by atoms with E-state index in [1.165, 1.54) is 11.0 Å². The maximum Gasteiger partial charge on any atom is 0.254 e. The van der Waals surface area contributed by atoms with Crippen LogP contribution in [-0.4, -0.2) is 59.0 Å². The second-order valence-electron chi connectivity index (χ2n) is 6.32. The lowest BCUT2D eigenvalue weighted by Gasteiger charge is -2.35. The zero-order valence-electron chi connectivity index (χ0n) is 13.8. The Balaban J connectivity index is 1.91. The summed E-state index contributed by atoms with van der Waals surface area (Å²) in [6.07, 6.45) is -0.617. The lowest BCUT2D eigenvalue weighted by molar-refractivity contribution is -0.135. The van der Waals surface area contributed by atoms with E-state index in [0.717, 1.165) is 12.1 Å². The van der Waals surface area contributed by atoms with Crippen molar-refractivity contribution in [3.05, 3.63) is 35.4 Å². The first-order valence-corrected chi connectivity index (χ1v) is 7.99. The van der Waals surface area contributed by atoms with E-state index in [1.807, 2.05) is 13.8 Å². The van der Waals surface area contributed by atoms with Crippen LogP contribution in [0.2, 0.25) is 0 Å². The smallest absolute Gasteiger partial charge is 0.254 e. The summed E-state index contributed by atoms with van der Waals surface area (Å²) < 4.78 is 26.2. The van der Waals surface area contributed by atoms with E-state index in [1.54, 1.807) is 4.90 Å². The quantitative estimate of drug-likeness (QED) is 0.907. The summed E-state index contributed by atoms with van der Waals surface area (Å²) in [5, 5.41) is 9.79. The first kappa shape index (κ1) is 18.3. The molecule has 0 spiro atoms. The van der Waals surface area contributed by atoms with Gasteiger partial charge >= 0.3 is 0 Å². The molecule has 1 aromatic carbocycles. The molecule has 1 unspecified atom stereocenters. The van der Waals surface area contributed by atoms with Crippen LogP contribution in [0.15, 0.2) is 18.2 Å². The van der Waals surface area contributed by atoms with Gasteiger partial charge in [-0.05, 0) is 24.1 Å². The lowest BCUT2D eigenvalue weighted by atomic mass is 10.0. The number of hydrogen-bond acceptors (Lipinski definition) is 3. The van der Waals surface area contributed by atoms with Crippen molar-refractivity contribution in [1.82, 2.24) is 9.80 Å². The summed E-state index contributed by atoms with van der Waals surface area (Å²) in [6, 6.07) is 3.06. The molecule has 1 heterocycles. The second-order valence-corrected chi connectivity index (χ2v) is 6.32. The predicted molar refractivity (Wildman–Crippen MR) is 84.3 cm³/mol. The van der Waals surface area contributed by atoms with E-state index in [9.17, 15) is 23.5 Å². The van der Waals surface area contributed by atoms with Crippen molar-refractivity contribution in [1.29, 1.82) is 0 Å². The third-order valence-corrected chi connectivity index (χ3v) is 4.24. The molecule has 1 saturated heterocycles. The number of benzene rings is 1. The molecule has 1 aromatic rings. The van der Waals surface area contributed by atoms with Crippen molar-refractivity contribution in [3.63, 3.8) is 0 Å². The molecule has 0 aromatic heterocycles. The van der Waals surface area contributed by atoms with Gasteiger partial charge in [-0.15, -0.1) is 0 Å². The summed E-state index contributed by atoms with van der Waals surface area (Å²) in [6.45, 7) is 5.05. The molecule has 5 nitrogen and oxygen atoms in total. The molecule has 1 fully saturated rings. The largest absolute Gasteiger partial charge is 0.392 e. The molecule has 1 aliphatic heterocycles. The van der Waals surface area contributed by atoms with Crippen LogP contribution >= 0.6 is 0 Å². The van der Waals surface area contributed by atoms with Crippen molar-refractivity contribution in [2.24, 2.45) is 5.92 Å². The van der Waals surface area contributed by atoms with Gasteiger partial charge in [0.2, 0.25) is 5.91 Å². The Labute approximate surface area is 139 Å². The predicted octanol–water partition coefficient (Wildman–Crippen LogP) is 1.66. The molecule has 0 bridgehead atoms. The fourth-order valence-corrected chi connectivity index (χ4v) is 2.51. The molecule has 24 heavy (non-hydrogen) atoms. The second kappa shape index (κ2) is 7.70. The summed E-state index contributed by atoms with van der Waals surface area (Å²) in [4.78, 5) is 27.5. The number of aliphatic hydroxyl groups excluding tert-OH is 1. The Morgan fingerprint density at radius 2 is 1.67 bits per heavy atom. The fourth-order valence-electron chi connectivity index (χ4n) is 2.51. The minimum absolute atomic E-state index is 0.00480. The first-order chi connectivity index (χ1) is 11.3. The molecule has 0 saturated carbocycles. The topological polar surface area (TPSA) is 60.9 Å². The molecule has 0 radical (unpaired) electrons. The van der Waals surface area contributed by atoms with Crippen molar-refractivity contribution >= 4 is 11.8 Å². The highest BCUT2D eigenvalue weighted by molar-refractivity contribution is 5.94. The van der Waals surface area contributed by atoms with Crippen molar-refractivity contribution in [3.8, 4) is 0 Å². The van der Waals surface area contributed by atoms with E-state index >= 15 is 0 Å². The normalized spacial score (nSPS) is 16.4. The molecule has 1 atom stereocenters. The molecule has 2 amide bonds. The van der Waals surface area contributed by atoms with Gasteiger partial charge in [0.1, 0.15) is 0 Å². The van der Waals surface area contributed by atoms with Crippen LogP contribution in [0, 0.1) is 17.6 Å². The van der Waals surface area contributed by atoms with E-state index in [4.69, 9.17) is 0 Å². The standard InChI is InChI=1S/C17H22F2N2O3/c1-11(2)15(22)10-16(23)20-5-7-21(8-6-20)17(24)12-3-4-13(18)14(19)9-12/h3-4,9,11,15,22H,5-8,10H2,1-2H3. The Morgan fingerprint density at radius 3 is 2.21 bits per heavy atom. The summed E-state index contributed by atoms with van der Waals surface area (Å²) in [7, 11) is 0. The van der Waals surface area contributed by atoms with Crippen LogP contribution in [0.25, 0.3) is 0 Å². The number of aliphatic hydroxyl groups is 1. The van der Waals surface area contributed by atoms with Gasteiger partial charge in [0.25, 0.3) is 5.91 Å². The molecule has 0 aliphatic carbocycles. The average molecular weight is 340 g/mol. The number of rotatable bonds is 4. The highest BCUT2D eigenvalue weighted by Crippen LogP contribution is 2.14. The van der Waals surface area contributed by atoms with Crippen LogP contribution in [-0.2, 0) is 4.79 Å². The Morgan fingerprint density at radius 1 is 1.08 bits per heavy atom. The van der Waals surface area contributed by atoms with Crippen LogP contribution in [0.4, 0.5) is 8.78 Å². The van der Waals surface area contributed by atoms with Gasteiger partial charge in [0.15, 0.2) is 11.6 Å². The van der Waals surface area contributed by atoms with Crippen molar-refractivity contribution < 1.29 is 23.5 Å². The van der Waals surface area contributed by atoms with Crippen LogP contribution in [0.5, 0.6) is 0 Å². The maximum absolute atomic E-state index is 13.2. The molecule has 132 valence electrons. The number of carbonyl (C=O) groups excluding carboxylic acids is 2. The van der Waals surface area contributed by atoms with E-state index in [2.05, 4.69) is 0 Å². The number of hydrogen-bond donors (Lipinski definition) is 1. The first-order valence-electron chi connectivity index (χ1n) is 7.99. The monoisotopic (exact) mass is 340 g/mol. The lowest BCUT2D eigenvalue weighted by Crippen LogP contribution is -2.51. The SMILES string of the molecule is CC(C)C(O)CC(=O)N1CCN(C(=O)c2ccc(F)c(F)c2)CC1. The zero-order chi connectivity index (χ0) is 17.9. The number of carbonyl (C=O) groups is 2. The van der Waals surface area contributed by atoms with Gasteiger partial charge in [-0.2, -0.15) is 0 Å². The number of piperazine rings is 1. The van der Waals surface area contributed by atoms with Crippen LogP contribution in [0.1, 0.15) is 30.6 Å². The minimum atomic E-state index is -1.06. The summed E-state index contributed by atoms with van der Waals surface area (Å²) >= 11 is 0. The van der Waals surface area contributed by atoms with Gasteiger partial charge in [0, 0.05) is 31.7 Å². The molecular formula is C17H22F2N2O3. The molecule has 1 aliphatic rings. The number of nitrogens with zero attached hydrogens (tertiary/aromatic N) is 2. The third kappa shape index (κ3) is 4.29. The number of halogens is 2.